The lowest BCUT2D eigenvalue weighted by atomic mass is 10.1. The van der Waals surface area contributed by atoms with Crippen molar-refractivity contribution in [2.75, 3.05) is 6.54 Å². The van der Waals surface area contributed by atoms with Gasteiger partial charge in [0.25, 0.3) is 0 Å². The minimum Gasteiger partial charge on any atom is -0.478 e. The summed E-state index contributed by atoms with van der Waals surface area (Å²) in [5.74, 6) is 1.50. The lowest BCUT2D eigenvalue weighted by Crippen LogP contribution is -2.35. The molecule has 0 aromatic heterocycles. The molecule has 0 radical (unpaired) electrons. The average molecular weight is 260 g/mol. The standard InChI is InChI=1S/C14H16N2O3/c1-2-3-4-8-15-14(19)16-10-11-6-5-7-12(9-11)13(17)18/h1,5-7,9H,3-4,8,10H2,(H,17,18)(H2,15,16,19). The molecule has 19 heavy (non-hydrogen) atoms. The number of amides is 2. The number of carboxylic acid groups (broad SMARTS) is 1. The van der Waals surface area contributed by atoms with Gasteiger partial charge in [-0.05, 0) is 24.1 Å². The van der Waals surface area contributed by atoms with Crippen LogP contribution in [-0.4, -0.2) is 23.7 Å². The zero-order chi connectivity index (χ0) is 14.1. The molecular formula is C14H16N2O3. The number of hydrogen-bond donors (Lipinski definition) is 3. The Morgan fingerprint density at radius 1 is 1.32 bits per heavy atom. The van der Waals surface area contributed by atoms with Crippen molar-refractivity contribution in [3.63, 3.8) is 0 Å². The number of carbonyl (C=O) groups is 2. The van der Waals surface area contributed by atoms with Crippen LogP contribution in [0.1, 0.15) is 28.8 Å². The number of benzene rings is 1. The molecule has 3 N–H and O–H groups in total. The molecule has 1 aromatic rings. The van der Waals surface area contributed by atoms with Crippen molar-refractivity contribution in [1.29, 1.82) is 0 Å². The summed E-state index contributed by atoms with van der Waals surface area (Å²) in [6.45, 7) is 0.799. The minimum absolute atomic E-state index is 0.203. The Morgan fingerprint density at radius 2 is 2.11 bits per heavy atom. The first-order valence-corrected chi connectivity index (χ1v) is 5.91. The molecule has 1 aromatic carbocycles. The first-order valence-electron chi connectivity index (χ1n) is 5.91. The van der Waals surface area contributed by atoms with Crippen molar-refractivity contribution in [2.45, 2.75) is 19.4 Å². The van der Waals surface area contributed by atoms with E-state index in [1.54, 1.807) is 12.1 Å². The van der Waals surface area contributed by atoms with Crippen LogP contribution in [-0.2, 0) is 6.54 Å². The van der Waals surface area contributed by atoms with Gasteiger partial charge in [-0.3, -0.25) is 0 Å². The van der Waals surface area contributed by atoms with Crippen LogP contribution in [0.5, 0.6) is 0 Å². The Labute approximate surface area is 112 Å². The summed E-state index contributed by atoms with van der Waals surface area (Å²) in [5.41, 5.74) is 0.937. The molecule has 0 saturated heterocycles. The van der Waals surface area contributed by atoms with E-state index in [2.05, 4.69) is 16.6 Å². The fraction of sp³-hybridized carbons (Fsp3) is 0.286. The van der Waals surface area contributed by atoms with Gasteiger partial charge in [-0.25, -0.2) is 9.59 Å². The van der Waals surface area contributed by atoms with Crippen LogP contribution < -0.4 is 10.6 Å². The van der Waals surface area contributed by atoms with E-state index < -0.39 is 5.97 Å². The predicted molar refractivity (Wildman–Crippen MR) is 71.7 cm³/mol. The van der Waals surface area contributed by atoms with Crippen molar-refractivity contribution in [1.82, 2.24) is 10.6 Å². The van der Waals surface area contributed by atoms with Gasteiger partial charge in [-0.2, -0.15) is 0 Å². The van der Waals surface area contributed by atoms with Gasteiger partial charge >= 0.3 is 12.0 Å². The zero-order valence-electron chi connectivity index (χ0n) is 10.5. The molecule has 0 fully saturated rings. The number of carbonyl (C=O) groups excluding carboxylic acids is 1. The molecule has 5 nitrogen and oxygen atoms in total. The van der Waals surface area contributed by atoms with Gasteiger partial charge in [0.05, 0.1) is 5.56 Å². The summed E-state index contributed by atoms with van der Waals surface area (Å²) < 4.78 is 0. The van der Waals surface area contributed by atoms with Crippen LogP contribution in [0.2, 0.25) is 0 Å². The fourth-order valence-electron chi connectivity index (χ4n) is 1.45. The van der Waals surface area contributed by atoms with E-state index in [4.69, 9.17) is 11.5 Å². The van der Waals surface area contributed by atoms with Crippen molar-refractivity contribution >= 4 is 12.0 Å². The van der Waals surface area contributed by atoms with Gasteiger partial charge < -0.3 is 15.7 Å². The number of hydrogen-bond acceptors (Lipinski definition) is 2. The van der Waals surface area contributed by atoms with Gasteiger partial charge in [0, 0.05) is 19.5 Å². The monoisotopic (exact) mass is 260 g/mol. The largest absolute Gasteiger partial charge is 0.478 e. The number of terminal acetylenes is 1. The van der Waals surface area contributed by atoms with E-state index in [1.165, 1.54) is 12.1 Å². The summed E-state index contributed by atoms with van der Waals surface area (Å²) in [4.78, 5) is 22.2. The Balaban J connectivity index is 2.36. The van der Waals surface area contributed by atoms with Crippen molar-refractivity contribution in [3.05, 3.63) is 35.4 Å². The van der Waals surface area contributed by atoms with Crippen LogP contribution in [0.25, 0.3) is 0 Å². The Morgan fingerprint density at radius 3 is 2.79 bits per heavy atom. The second-order valence-corrected chi connectivity index (χ2v) is 3.92. The molecule has 0 aliphatic heterocycles. The molecule has 2 amide bonds. The van der Waals surface area contributed by atoms with Gasteiger partial charge in [0.1, 0.15) is 0 Å². The van der Waals surface area contributed by atoms with E-state index in [1.807, 2.05) is 0 Å². The second kappa shape index (κ2) is 7.77. The average Bonchev–Trinajstić information content (AvgIpc) is 2.41. The quantitative estimate of drug-likeness (QED) is 0.537. The number of rotatable bonds is 6. The number of carboxylic acids is 1. The van der Waals surface area contributed by atoms with Crippen LogP contribution in [0.3, 0.4) is 0 Å². The molecule has 0 saturated carbocycles. The van der Waals surface area contributed by atoms with Crippen LogP contribution >= 0.6 is 0 Å². The first-order chi connectivity index (χ1) is 9.13. The number of nitrogens with one attached hydrogen (secondary N) is 2. The van der Waals surface area contributed by atoms with Gasteiger partial charge in [0.15, 0.2) is 0 Å². The molecule has 0 unspecified atom stereocenters. The second-order valence-electron chi connectivity index (χ2n) is 3.92. The summed E-state index contributed by atoms with van der Waals surface area (Å²) in [7, 11) is 0. The molecule has 0 aliphatic carbocycles. The summed E-state index contributed by atoms with van der Waals surface area (Å²) in [6, 6.07) is 6.14. The Hall–Kier alpha value is -2.48. The summed E-state index contributed by atoms with van der Waals surface area (Å²) in [5, 5.41) is 14.1. The van der Waals surface area contributed by atoms with Crippen LogP contribution in [0.4, 0.5) is 4.79 Å². The van der Waals surface area contributed by atoms with Crippen molar-refractivity contribution < 1.29 is 14.7 Å². The van der Waals surface area contributed by atoms with E-state index in [0.29, 0.717) is 13.0 Å². The summed E-state index contributed by atoms with van der Waals surface area (Å²) >= 11 is 0. The number of unbranched alkanes of at least 4 members (excludes halogenated alkanes) is 1. The van der Waals surface area contributed by atoms with E-state index >= 15 is 0 Å². The molecule has 0 bridgehead atoms. The SMILES string of the molecule is C#CCCCNC(=O)NCc1cccc(C(=O)O)c1. The lowest BCUT2D eigenvalue weighted by Gasteiger charge is -2.07. The maximum atomic E-state index is 11.4. The van der Waals surface area contributed by atoms with Crippen molar-refractivity contribution in [2.24, 2.45) is 0 Å². The molecule has 5 heteroatoms. The van der Waals surface area contributed by atoms with E-state index in [9.17, 15) is 9.59 Å². The lowest BCUT2D eigenvalue weighted by molar-refractivity contribution is 0.0696. The zero-order valence-corrected chi connectivity index (χ0v) is 10.5. The third-order valence-corrected chi connectivity index (χ3v) is 2.41. The Bertz CT molecular complexity index is 492. The third kappa shape index (κ3) is 5.59. The van der Waals surface area contributed by atoms with Gasteiger partial charge in [-0.15, -0.1) is 12.3 Å². The highest BCUT2D eigenvalue weighted by Crippen LogP contribution is 2.04. The molecule has 0 atom stereocenters. The van der Waals surface area contributed by atoms with Gasteiger partial charge in [0.2, 0.25) is 0 Å². The number of urea groups is 1. The maximum absolute atomic E-state index is 11.4. The highest BCUT2D eigenvalue weighted by molar-refractivity contribution is 5.87. The van der Waals surface area contributed by atoms with Gasteiger partial charge in [-0.1, -0.05) is 12.1 Å². The highest BCUT2D eigenvalue weighted by atomic mass is 16.4. The minimum atomic E-state index is -0.986. The third-order valence-electron chi connectivity index (χ3n) is 2.41. The fourth-order valence-corrected chi connectivity index (χ4v) is 1.45. The molecule has 100 valence electrons. The van der Waals surface area contributed by atoms with Crippen LogP contribution in [0, 0.1) is 12.3 Å². The molecular weight excluding hydrogens is 244 g/mol. The summed E-state index contributed by atoms with van der Waals surface area (Å²) in [6.07, 6.45) is 6.45. The first kappa shape index (κ1) is 14.6. The molecule has 0 aliphatic rings. The topological polar surface area (TPSA) is 78.4 Å². The normalized spacial score (nSPS) is 9.42. The Kier molecular flexibility index (Phi) is 5.96. The maximum Gasteiger partial charge on any atom is 0.335 e. The molecule has 0 heterocycles. The highest BCUT2D eigenvalue weighted by Gasteiger charge is 2.04. The predicted octanol–water partition coefficient (Wildman–Crippen LogP) is 1.60. The molecule has 0 spiro atoms. The van der Waals surface area contributed by atoms with E-state index in [0.717, 1.165) is 12.0 Å². The van der Waals surface area contributed by atoms with E-state index in [-0.39, 0.29) is 18.1 Å². The van der Waals surface area contributed by atoms with Crippen LogP contribution in [0.15, 0.2) is 24.3 Å². The molecule has 1 rings (SSSR count). The number of aromatic carboxylic acids is 1. The smallest absolute Gasteiger partial charge is 0.335 e. The van der Waals surface area contributed by atoms with Crippen molar-refractivity contribution in [3.8, 4) is 12.3 Å².